The van der Waals surface area contributed by atoms with E-state index in [0.717, 1.165) is 33.5 Å². The molecule has 3 heteroatoms. The largest absolute Gasteiger partial charge is 0.459 e. The van der Waals surface area contributed by atoms with Gasteiger partial charge in [-0.2, -0.15) is 0 Å². The molecule has 1 aliphatic rings. The quantitative estimate of drug-likeness (QED) is 0.923. The van der Waals surface area contributed by atoms with Crippen LogP contribution in [0.1, 0.15) is 31.1 Å². The van der Waals surface area contributed by atoms with E-state index in [1.165, 1.54) is 12.8 Å². The Bertz CT molecular complexity index is 516. The van der Waals surface area contributed by atoms with Crippen molar-refractivity contribution in [3.63, 3.8) is 0 Å². The molecule has 1 fully saturated rings. The summed E-state index contributed by atoms with van der Waals surface area (Å²) in [6.07, 6.45) is 3.71. The SMILES string of the molecule is N[C@H](CC1CC1)c1cc2c(Br)cccc2o1. The van der Waals surface area contributed by atoms with Crippen molar-refractivity contribution in [2.45, 2.75) is 25.3 Å². The summed E-state index contributed by atoms with van der Waals surface area (Å²) in [6, 6.07) is 8.09. The van der Waals surface area contributed by atoms with Gasteiger partial charge in [-0.15, -0.1) is 0 Å². The topological polar surface area (TPSA) is 39.2 Å². The molecule has 0 radical (unpaired) electrons. The Hall–Kier alpha value is -0.800. The summed E-state index contributed by atoms with van der Waals surface area (Å²) >= 11 is 3.52. The molecule has 0 aliphatic heterocycles. The highest BCUT2D eigenvalue weighted by Gasteiger charge is 2.26. The van der Waals surface area contributed by atoms with E-state index in [2.05, 4.69) is 22.0 Å². The molecule has 2 nitrogen and oxygen atoms in total. The molecule has 0 saturated heterocycles. The van der Waals surface area contributed by atoms with Crippen molar-refractivity contribution in [1.29, 1.82) is 0 Å². The van der Waals surface area contributed by atoms with E-state index < -0.39 is 0 Å². The molecular weight excluding hydrogens is 266 g/mol. The molecule has 1 saturated carbocycles. The van der Waals surface area contributed by atoms with Gasteiger partial charge >= 0.3 is 0 Å². The summed E-state index contributed by atoms with van der Waals surface area (Å²) in [7, 11) is 0. The number of fused-ring (bicyclic) bond motifs is 1. The first-order chi connectivity index (χ1) is 7.74. The number of hydrogen-bond acceptors (Lipinski definition) is 2. The molecular formula is C13H14BrNO. The van der Waals surface area contributed by atoms with Crippen LogP contribution in [0.15, 0.2) is 33.2 Å². The van der Waals surface area contributed by atoms with Crippen LogP contribution in [0, 0.1) is 5.92 Å². The molecule has 0 amide bonds. The molecule has 0 spiro atoms. The van der Waals surface area contributed by atoms with Crippen LogP contribution in [0.3, 0.4) is 0 Å². The summed E-state index contributed by atoms with van der Waals surface area (Å²) < 4.78 is 6.85. The lowest BCUT2D eigenvalue weighted by molar-refractivity contribution is 0.463. The molecule has 2 N–H and O–H groups in total. The van der Waals surface area contributed by atoms with Gasteiger partial charge in [0.2, 0.25) is 0 Å². The normalized spacial score (nSPS) is 17.9. The van der Waals surface area contributed by atoms with Crippen LogP contribution in [-0.2, 0) is 0 Å². The van der Waals surface area contributed by atoms with Crippen molar-refractivity contribution in [1.82, 2.24) is 0 Å². The molecule has 1 aromatic carbocycles. The predicted molar refractivity (Wildman–Crippen MR) is 68.2 cm³/mol. The Kier molecular flexibility index (Phi) is 2.52. The average Bonchev–Trinajstić information content (AvgIpc) is 2.95. The fraction of sp³-hybridized carbons (Fsp3) is 0.385. The van der Waals surface area contributed by atoms with Gasteiger partial charge in [0, 0.05) is 9.86 Å². The smallest absolute Gasteiger partial charge is 0.135 e. The number of benzene rings is 1. The van der Waals surface area contributed by atoms with Crippen molar-refractivity contribution in [3.05, 3.63) is 34.5 Å². The molecule has 3 rings (SSSR count). The lowest BCUT2D eigenvalue weighted by Gasteiger charge is -2.06. The van der Waals surface area contributed by atoms with Crippen LogP contribution in [0.4, 0.5) is 0 Å². The monoisotopic (exact) mass is 279 g/mol. The number of nitrogens with two attached hydrogens (primary N) is 1. The van der Waals surface area contributed by atoms with Crippen LogP contribution in [0.5, 0.6) is 0 Å². The number of furan rings is 1. The minimum atomic E-state index is 0.0480. The van der Waals surface area contributed by atoms with E-state index in [4.69, 9.17) is 10.2 Å². The maximum Gasteiger partial charge on any atom is 0.135 e. The van der Waals surface area contributed by atoms with Gasteiger partial charge in [0.05, 0.1) is 6.04 Å². The first kappa shape index (κ1) is 10.4. The average molecular weight is 280 g/mol. The highest BCUT2D eigenvalue weighted by molar-refractivity contribution is 9.10. The Morgan fingerprint density at radius 1 is 1.44 bits per heavy atom. The summed E-state index contributed by atoms with van der Waals surface area (Å²) in [4.78, 5) is 0. The Labute approximate surface area is 103 Å². The molecule has 0 bridgehead atoms. The summed E-state index contributed by atoms with van der Waals surface area (Å²) in [5.74, 6) is 1.74. The minimum Gasteiger partial charge on any atom is -0.459 e. The van der Waals surface area contributed by atoms with E-state index in [9.17, 15) is 0 Å². The maximum absolute atomic E-state index is 6.14. The second-order valence-corrected chi connectivity index (χ2v) is 5.44. The lowest BCUT2D eigenvalue weighted by atomic mass is 10.1. The van der Waals surface area contributed by atoms with E-state index in [-0.39, 0.29) is 6.04 Å². The molecule has 16 heavy (non-hydrogen) atoms. The van der Waals surface area contributed by atoms with Gasteiger partial charge in [-0.05, 0) is 30.5 Å². The number of halogens is 1. The molecule has 2 aromatic rings. The minimum absolute atomic E-state index is 0.0480. The zero-order chi connectivity index (χ0) is 11.1. The van der Waals surface area contributed by atoms with Gasteiger partial charge in [-0.3, -0.25) is 0 Å². The van der Waals surface area contributed by atoms with Gasteiger partial charge in [0.25, 0.3) is 0 Å². The van der Waals surface area contributed by atoms with Crippen molar-refractivity contribution in [2.24, 2.45) is 11.7 Å². The van der Waals surface area contributed by atoms with Crippen LogP contribution in [0.25, 0.3) is 11.0 Å². The van der Waals surface area contributed by atoms with Crippen molar-refractivity contribution >= 4 is 26.9 Å². The summed E-state index contributed by atoms with van der Waals surface area (Å²) in [5, 5.41) is 1.11. The molecule has 1 aromatic heterocycles. The Balaban J connectivity index is 1.94. The lowest BCUT2D eigenvalue weighted by Crippen LogP contribution is -2.09. The summed E-state index contributed by atoms with van der Waals surface area (Å²) in [5.41, 5.74) is 7.05. The third-order valence-corrected chi connectivity index (χ3v) is 3.87. The van der Waals surface area contributed by atoms with Crippen LogP contribution in [-0.4, -0.2) is 0 Å². The van der Waals surface area contributed by atoms with Crippen LogP contribution >= 0.6 is 15.9 Å². The molecule has 0 unspecified atom stereocenters. The van der Waals surface area contributed by atoms with Gasteiger partial charge in [-0.25, -0.2) is 0 Å². The van der Waals surface area contributed by atoms with Crippen molar-refractivity contribution in [2.75, 3.05) is 0 Å². The highest BCUT2D eigenvalue weighted by atomic mass is 79.9. The zero-order valence-corrected chi connectivity index (χ0v) is 10.5. The van der Waals surface area contributed by atoms with Crippen molar-refractivity contribution < 1.29 is 4.42 Å². The van der Waals surface area contributed by atoms with E-state index in [0.29, 0.717) is 0 Å². The predicted octanol–water partition coefficient (Wildman–Crippen LogP) is 4.00. The fourth-order valence-corrected chi connectivity index (χ4v) is 2.52. The van der Waals surface area contributed by atoms with Gasteiger partial charge in [-0.1, -0.05) is 34.8 Å². The highest BCUT2D eigenvalue weighted by Crippen LogP contribution is 2.38. The second-order valence-electron chi connectivity index (χ2n) is 4.59. The molecule has 1 atom stereocenters. The first-order valence-corrected chi connectivity index (χ1v) is 6.47. The van der Waals surface area contributed by atoms with Crippen LogP contribution < -0.4 is 5.73 Å². The third kappa shape index (κ3) is 1.89. The van der Waals surface area contributed by atoms with Gasteiger partial charge in [0.1, 0.15) is 11.3 Å². The van der Waals surface area contributed by atoms with Gasteiger partial charge < -0.3 is 10.2 Å². The molecule has 84 valence electrons. The standard InChI is InChI=1S/C13H14BrNO/c14-10-2-1-3-12-9(10)7-13(16-12)11(15)6-8-4-5-8/h1-3,7-8,11H,4-6,15H2/t11-/m1/s1. The first-order valence-electron chi connectivity index (χ1n) is 5.67. The van der Waals surface area contributed by atoms with Gasteiger partial charge in [0.15, 0.2) is 0 Å². The fourth-order valence-electron chi connectivity index (χ4n) is 2.06. The van der Waals surface area contributed by atoms with E-state index >= 15 is 0 Å². The van der Waals surface area contributed by atoms with Crippen molar-refractivity contribution in [3.8, 4) is 0 Å². The third-order valence-electron chi connectivity index (χ3n) is 3.18. The summed E-state index contributed by atoms with van der Waals surface area (Å²) in [6.45, 7) is 0. The van der Waals surface area contributed by atoms with E-state index in [1.807, 2.05) is 18.2 Å². The number of rotatable bonds is 3. The zero-order valence-electron chi connectivity index (χ0n) is 8.95. The number of hydrogen-bond donors (Lipinski definition) is 1. The maximum atomic E-state index is 6.14. The second kappa shape index (κ2) is 3.90. The molecule has 1 aliphatic carbocycles. The van der Waals surface area contributed by atoms with Crippen LogP contribution in [0.2, 0.25) is 0 Å². The Morgan fingerprint density at radius 3 is 2.94 bits per heavy atom. The Morgan fingerprint density at radius 2 is 2.25 bits per heavy atom. The molecule has 1 heterocycles. The van der Waals surface area contributed by atoms with E-state index in [1.54, 1.807) is 0 Å².